The first-order valence-corrected chi connectivity index (χ1v) is 7.32. The van der Waals surface area contributed by atoms with Crippen LogP contribution in [0.4, 0.5) is 8.78 Å². The van der Waals surface area contributed by atoms with Crippen molar-refractivity contribution in [2.24, 2.45) is 0 Å². The SMILES string of the molecule is CCNC(c1ccc(F)c(F)c1)C1CCc2cccnc21. The molecule has 1 aromatic carbocycles. The van der Waals surface area contributed by atoms with Crippen LogP contribution in [0.2, 0.25) is 0 Å². The van der Waals surface area contributed by atoms with Crippen LogP contribution < -0.4 is 5.32 Å². The third kappa shape index (κ3) is 2.68. The second-order valence-electron chi connectivity index (χ2n) is 5.40. The molecular formula is C17H18F2N2. The molecule has 2 unspecified atom stereocenters. The van der Waals surface area contributed by atoms with Gasteiger partial charge in [0.1, 0.15) is 0 Å². The predicted octanol–water partition coefficient (Wildman–Crippen LogP) is 3.74. The monoisotopic (exact) mass is 288 g/mol. The van der Waals surface area contributed by atoms with E-state index in [0.29, 0.717) is 0 Å². The van der Waals surface area contributed by atoms with Crippen LogP contribution in [0.1, 0.15) is 42.1 Å². The molecule has 0 aliphatic heterocycles. The summed E-state index contributed by atoms with van der Waals surface area (Å²) in [6.07, 6.45) is 3.76. The zero-order chi connectivity index (χ0) is 14.8. The molecule has 110 valence electrons. The first-order valence-electron chi connectivity index (χ1n) is 7.32. The van der Waals surface area contributed by atoms with Gasteiger partial charge < -0.3 is 5.32 Å². The summed E-state index contributed by atoms with van der Waals surface area (Å²) in [6, 6.07) is 8.15. The third-order valence-electron chi connectivity index (χ3n) is 4.13. The number of fused-ring (bicyclic) bond motifs is 1. The van der Waals surface area contributed by atoms with Crippen molar-refractivity contribution in [3.05, 3.63) is 65.0 Å². The van der Waals surface area contributed by atoms with Gasteiger partial charge in [0.15, 0.2) is 11.6 Å². The van der Waals surface area contributed by atoms with Crippen LogP contribution in [0.3, 0.4) is 0 Å². The largest absolute Gasteiger partial charge is 0.310 e. The molecule has 1 N–H and O–H groups in total. The Morgan fingerprint density at radius 2 is 2.14 bits per heavy atom. The van der Waals surface area contributed by atoms with Gasteiger partial charge in [0.25, 0.3) is 0 Å². The van der Waals surface area contributed by atoms with Gasteiger partial charge in [-0.05, 0) is 48.7 Å². The van der Waals surface area contributed by atoms with E-state index in [2.05, 4.69) is 16.4 Å². The van der Waals surface area contributed by atoms with E-state index in [0.717, 1.165) is 30.6 Å². The Kier molecular flexibility index (Phi) is 3.97. The van der Waals surface area contributed by atoms with Crippen molar-refractivity contribution >= 4 is 0 Å². The highest BCUT2D eigenvalue weighted by Gasteiger charge is 2.31. The highest BCUT2D eigenvalue weighted by atomic mass is 19.2. The average Bonchev–Trinajstić information content (AvgIpc) is 2.92. The van der Waals surface area contributed by atoms with Crippen molar-refractivity contribution in [2.75, 3.05) is 6.54 Å². The topological polar surface area (TPSA) is 24.9 Å². The summed E-state index contributed by atoms with van der Waals surface area (Å²) in [4.78, 5) is 4.50. The number of aromatic nitrogens is 1. The number of aryl methyl sites for hydroxylation is 1. The number of likely N-dealkylation sites (N-methyl/N-ethyl adjacent to an activating group) is 1. The Balaban J connectivity index is 1.97. The van der Waals surface area contributed by atoms with Crippen LogP contribution in [-0.4, -0.2) is 11.5 Å². The van der Waals surface area contributed by atoms with Crippen LogP contribution in [0.15, 0.2) is 36.5 Å². The molecular weight excluding hydrogens is 270 g/mol. The summed E-state index contributed by atoms with van der Waals surface area (Å²) in [5.41, 5.74) is 3.11. The Bertz CT molecular complexity index is 642. The maximum atomic E-state index is 13.5. The third-order valence-corrected chi connectivity index (χ3v) is 4.13. The Morgan fingerprint density at radius 1 is 1.29 bits per heavy atom. The van der Waals surface area contributed by atoms with Crippen LogP contribution in [0, 0.1) is 11.6 Å². The quantitative estimate of drug-likeness (QED) is 0.927. The molecule has 1 aliphatic carbocycles. The fraction of sp³-hybridized carbons (Fsp3) is 0.353. The number of rotatable bonds is 4. The summed E-state index contributed by atoms with van der Waals surface area (Å²) in [5, 5.41) is 3.40. The van der Waals surface area contributed by atoms with Crippen molar-refractivity contribution in [1.29, 1.82) is 0 Å². The van der Waals surface area contributed by atoms with Gasteiger partial charge in [0.05, 0.1) is 0 Å². The number of pyridine rings is 1. The van der Waals surface area contributed by atoms with Crippen LogP contribution >= 0.6 is 0 Å². The summed E-state index contributed by atoms with van der Waals surface area (Å²) < 4.78 is 26.7. The summed E-state index contributed by atoms with van der Waals surface area (Å²) in [7, 11) is 0. The van der Waals surface area contributed by atoms with Crippen molar-refractivity contribution < 1.29 is 8.78 Å². The molecule has 0 saturated carbocycles. The smallest absolute Gasteiger partial charge is 0.159 e. The molecule has 3 rings (SSSR count). The van der Waals surface area contributed by atoms with Gasteiger partial charge in [0.2, 0.25) is 0 Å². The number of hydrogen-bond acceptors (Lipinski definition) is 2. The van der Waals surface area contributed by atoms with E-state index in [1.165, 1.54) is 17.7 Å². The van der Waals surface area contributed by atoms with Gasteiger partial charge in [0, 0.05) is 23.9 Å². The number of nitrogens with zero attached hydrogens (tertiary/aromatic N) is 1. The van der Waals surface area contributed by atoms with Crippen molar-refractivity contribution in [2.45, 2.75) is 31.7 Å². The molecule has 21 heavy (non-hydrogen) atoms. The molecule has 0 bridgehead atoms. The highest BCUT2D eigenvalue weighted by molar-refractivity contribution is 5.34. The van der Waals surface area contributed by atoms with Crippen LogP contribution in [0.25, 0.3) is 0 Å². The predicted molar refractivity (Wildman–Crippen MR) is 78.1 cm³/mol. The molecule has 1 aromatic heterocycles. The van der Waals surface area contributed by atoms with Gasteiger partial charge >= 0.3 is 0 Å². The van der Waals surface area contributed by atoms with Crippen LogP contribution in [-0.2, 0) is 6.42 Å². The zero-order valence-corrected chi connectivity index (χ0v) is 11.9. The van der Waals surface area contributed by atoms with E-state index in [1.54, 1.807) is 12.3 Å². The van der Waals surface area contributed by atoms with Gasteiger partial charge in [-0.3, -0.25) is 4.98 Å². The average molecular weight is 288 g/mol. The van der Waals surface area contributed by atoms with Gasteiger partial charge in [-0.25, -0.2) is 8.78 Å². The molecule has 0 saturated heterocycles. The Hall–Kier alpha value is -1.81. The van der Waals surface area contributed by atoms with Crippen LogP contribution in [0.5, 0.6) is 0 Å². The van der Waals surface area contributed by atoms with E-state index in [9.17, 15) is 8.78 Å². The lowest BCUT2D eigenvalue weighted by Gasteiger charge is -2.25. The molecule has 1 aliphatic rings. The maximum absolute atomic E-state index is 13.5. The summed E-state index contributed by atoms with van der Waals surface area (Å²) >= 11 is 0. The summed E-state index contributed by atoms with van der Waals surface area (Å²) in [6.45, 7) is 2.78. The molecule has 1 heterocycles. The van der Waals surface area contributed by atoms with Crippen molar-refractivity contribution in [3.8, 4) is 0 Å². The molecule has 2 nitrogen and oxygen atoms in total. The second kappa shape index (κ2) is 5.90. The molecule has 2 aromatic rings. The lowest BCUT2D eigenvalue weighted by atomic mass is 9.90. The lowest BCUT2D eigenvalue weighted by Crippen LogP contribution is -2.26. The fourth-order valence-electron chi connectivity index (χ4n) is 3.19. The summed E-state index contributed by atoms with van der Waals surface area (Å²) in [5.74, 6) is -1.40. The lowest BCUT2D eigenvalue weighted by molar-refractivity contribution is 0.440. The minimum Gasteiger partial charge on any atom is -0.310 e. The molecule has 2 atom stereocenters. The van der Waals surface area contributed by atoms with Gasteiger partial charge in [-0.15, -0.1) is 0 Å². The Morgan fingerprint density at radius 3 is 2.90 bits per heavy atom. The Labute approximate surface area is 123 Å². The normalized spacial score (nSPS) is 18.5. The number of halogens is 2. The maximum Gasteiger partial charge on any atom is 0.159 e. The van der Waals surface area contributed by atoms with E-state index in [4.69, 9.17) is 0 Å². The number of nitrogens with one attached hydrogen (secondary N) is 1. The molecule has 0 spiro atoms. The number of benzene rings is 1. The first-order chi connectivity index (χ1) is 10.2. The van der Waals surface area contributed by atoms with Crippen molar-refractivity contribution in [1.82, 2.24) is 10.3 Å². The van der Waals surface area contributed by atoms with E-state index >= 15 is 0 Å². The van der Waals surface area contributed by atoms with E-state index in [-0.39, 0.29) is 12.0 Å². The second-order valence-corrected chi connectivity index (χ2v) is 5.40. The van der Waals surface area contributed by atoms with Gasteiger partial charge in [-0.1, -0.05) is 19.1 Å². The fourth-order valence-corrected chi connectivity index (χ4v) is 3.19. The van der Waals surface area contributed by atoms with Crippen molar-refractivity contribution in [3.63, 3.8) is 0 Å². The van der Waals surface area contributed by atoms with E-state index < -0.39 is 11.6 Å². The number of hydrogen-bond donors (Lipinski definition) is 1. The molecule has 0 amide bonds. The molecule has 0 fully saturated rings. The van der Waals surface area contributed by atoms with E-state index in [1.807, 2.05) is 13.0 Å². The minimum absolute atomic E-state index is 0.0405. The zero-order valence-electron chi connectivity index (χ0n) is 11.9. The minimum atomic E-state index is -0.807. The first kappa shape index (κ1) is 14.1. The molecule has 0 radical (unpaired) electrons. The van der Waals surface area contributed by atoms with Gasteiger partial charge in [-0.2, -0.15) is 0 Å². The molecule has 4 heteroatoms. The standard InChI is InChI=1S/C17H18F2N2/c1-2-20-17(12-6-8-14(18)15(19)10-12)13-7-5-11-4-3-9-21-16(11)13/h3-4,6,8-10,13,17,20H,2,5,7H2,1H3. The highest BCUT2D eigenvalue weighted by Crippen LogP contribution is 2.40.